The molecule has 30 heavy (non-hydrogen) atoms. The van der Waals surface area contributed by atoms with Crippen LogP contribution < -0.4 is 5.32 Å². The number of hydrogen-bond donors (Lipinski definition) is 1. The number of carbonyl (C=O) groups is 1. The Morgan fingerprint density at radius 3 is 2.80 bits per heavy atom. The number of aromatic nitrogens is 2. The lowest BCUT2D eigenvalue weighted by Crippen LogP contribution is -2.31. The Bertz CT molecular complexity index is 1050. The van der Waals surface area contributed by atoms with E-state index >= 15 is 0 Å². The summed E-state index contributed by atoms with van der Waals surface area (Å²) in [6.45, 7) is 2.99. The van der Waals surface area contributed by atoms with Crippen molar-refractivity contribution >= 4 is 23.3 Å². The van der Waals surface area contributed by atoms with Gasteiger partial charge in [0.2, 0.25) is 0 Å². The van der Waals surface area contributed by atoms with E-state index < -0.39 is 0 Å². The molecule has 4 rings (SSSR count). The zero-order chi connectivity index (χ0) is 21.1. The lowest BCUT2D eigenvalue weighted by atomic mass is 10.0. The maximum absolute atomic E-state index is 12.0. The summed E-state index contributed by atoms with van der Waals surface area (Å²) in [5.74, 6) is -0.353. The molecule has 1 aliphatic heterocycles. The van der Waals surface area contributed by atoms with Crippen molar-refractivity contribution in [2.75, 3.05) is 13.7 Å². The lowest BCUT2D eigenvalue weighted by Gasteiger charge is -2.28. The monoisotopic (exact) mass is 420 g/mol. The molecule has 1 N–H and O–H groups in total. The molecule has 3 aromatic rings. The first-order valence-corrected chi connectivity index (χ1v) is 10.4. The Morgan fingerprint density at radius 2 is 2.07 bits per heavy atom. The molecular weight excluding hydrogens is 396 g/mol. The summed E-state index contributed by atoms with van der Waals surface area (Å²) in [7, 11) is 1.39. The molecule has 1 aromatic carbocycles. The average Bonchev–Trinajstić information content (AvgIpc) is 3.39. The number of nitrogens with one attached hydrogen (secondary N) is 1. The number of carbonyl (C=O) groups excluding carboxylic acids is 1. The number of esters is 1. The van der Waals surface area contributed by atoms with Crippen molar-refractivity contribution in [1.82, 2.24) is 19.8 Å². The summed E-state index contributed by atoms with van der Waals surface area (Å²) >= 11 is 5.68. The molecule has 0 radical (unpaired) electrons. The van der Waals surface area contributed by atoms with Gasteiger partial charge in [-0.3, -0.25) is 4.98 Å². The molecule has 1 aliphatic rings. The lowest BCUT2D eigenvalue weighted by molar-refractivity contribution is 0.0600. The number of ether oxygens (including phenoxy) is 1. The Labute approximate surface area is 181 Å². The van der Waals surface area contributed by atoms with Crippen LogP contribution in [0.1, 0.15) is 47.2 Å². The molecule has 6 nitrogen and oxygen atoms in total. The number of nitrogens with zero attached hydrogens (tertiary/aromatic N) is 3. The summed E-state index contributed by atoms with van der Waals surface area (Å²) in [6.07, 6.45) is 4.79. The van der Waals surface area contributed by atoms with Crippen LogP contribution in [-0.4, -0.2) is 39.2 Å². The highest BCUT2D eigenvalue weighted by Gasteiger charge is 2.40. The van der Waals surface area contributed by atoms with Gasteiger partial charge in [0.25, 0.3) is 0 Å². The van der Waals surface area contributed by atoms with Crippen LogP contribution >= 0.6 is 12.2 Å². The van der Waals surface area contributed by atoms with Gasteiger partial charge in [-0.15, -0.1) is 0 Å². The van der Waals surface area contributed by atoms with E-state index in [1.807, 2.05) is 48.7 Å². The Morgan fingerprint density at radius 1 is 1.20 bits per heavy atom. The maximum Gasteiger partial charge on any atom is 0.337 e. The number of thiocarbonyl (C=S) groups is 1. The van der Waals surface area contributed by atoms with Gasteiger partial charge in [-0.1, -0.05) is 19.1 Å². The predicted octanol–water partition coefficient (Wildman–Crippen LogP) is 4.04. The van der Waals surface area contributed by atoms with E-state index in [0.717, 1.165) is 35.2 Å². The second-order valence-electron chi connectivity index (χ2n) is 7.16. The third-order valence-electron chi connectivity index (χ3n) is 5.29. The zero-order valence-electron chi connectivity index (χ0n) is 17.0. The molecular formula is C23H24N4O2S. The molecule has 0 bridgehead atoms. The van der Waals surface area contributed by atoms with Crippen LogP contribution in [0.2, 0.25) is 0 Å². The van der Waals surface area contributed by atoms with Gasteiger partial charge in [-0.05, 0) is 61.1 Å². The molecule has 0 aliphatic carbocycles. The van der Waals surface area contributed by atoms with Gasteiger partial charge in [0.15, 0.2) is 5.11 Å². The van der Waals surface area contributed by atoms with Gasteiger partial charge in [0, 0.05) is 30.3 Å². The molecule has 2 atom stereocenters. The first-order chi connectivity index (χ1) is 14.6. The Kier molecular flexibility index (Phi) is 5.81. The van der Waals surface area contributed by atoms with Crippen molar-refractivity contribution in [3.05, 3.63) is 83.9 Å². The quantitative estimate of drug-likeness (QED) is 0.480. The van der Waals surface area contributed by atoms with E-state index in [4.69, 9.17) is 17.0 Å². The van der Waals surface area contributed by atoms with Crippen LogP contribution in [0, 0.1) is 0 Å². The largest absolute Gasteiger partial charge is 0.465 e. The summed E-state index contributed by atoms with van der Waals surface area (Å²) < 4.78 is 6.99. The van der Waals surface area contributed by atoms with Crippen molar-refractivity contribution in [2.45, 2.75) is 25.4 Å². The second-order valence-corrected chi connectivity index (χ2v) is 7.55. The number of rotatable bonds is 6. The van der Waals surface area contributed by atoms with Gasteiger partial charge in [-0.25, -0.2) is 4.79 Å². The topological polar surface area (TPSA) is 59.4 Å². The highest BCUT2D eigenvalue weighted by atomic mass is 32.1. The van der Waals surface area contributed by atoms with E-state index in [9.17, 15) is 4.79 Å². The molecule has 1 saturated heterocycles. The first-order valence-electron chi connectivity index (χ1n) is 9.98. The molecule has 1 fully saturated rings. The van der Waals surface area contributed by atoms with Crippen LogP contribution in [-0.2, 0) is 4.74 Å². The minimum Gasteiger partial charge on any atom is -0.465 e. The van der Waals surface area contributed by atoms with Crippen molar-refractivity contribution < 1.29 is 9.53 Å². The average molecular weight is 421 g/mol. The summed E-state index contributed by atoms with van der Waals surface area (Å²) in [4.78, 5) is 18.8. The standard InChI is InChI=1S/C23H24N4O2S/c1-3-13-27-21(20(25-23(27)30)18-10-4-5-12-24-18)19-11-7-14-26(19)17-9-6-8-16(15-17)22(28)29-2/h4-12,14-15,20-21H,3,13H2,1-2H3,(H,25,30)/t20-,21+/m1/s1. The van der Waals surface area contributed by atoms with Gasteiger partial charge >= 0.3 is 5.97 Å². The van der Waals surface area contributed by atoms with Crippen LogP contribution in [0.5, 0.6) is 0 Å². The molecule has 0 unspecified atom stereocenters. The molecule has 3 heterocycles. The molecule has 2 aromatic heterocycles. The molecule has 7 heteroatoms. The molecule has 0 amide bonds. The van der Waals surface area contributed by atoms with E-state index in [-0.39, 0.29) is 18.1 Å². The van der Waals surface area contributed by atoms with Gasteiger partial charge in [0.1, 0.15) is 0 Å². The van der Waals surface area contributed by atoms with Crippen molar-refractivity contribution in [3.63, 3.8) is 0 Å². The van der Waals surface area contributed by atoms with E-state index in [0.29, 0.717) is 5.56 Å². The smallest absolute Gasteiger partial charge is 0.337 e. The highest BCUT2D eigenvalue weighted by molar-refractivity contribution is 7.80. The Balaban J connectivity index is 1.79. The van der Waals surface area contributed by atoms with Crippen LogP contribution in [0.3, 0.4) is 0 Å². The first kappa shape index (κ1) is 20.1. The predicted molar refractivity (Wildman–Crippen MR) is 120 cm³/mol. The van der Waals surface area contributed by atoms with E-state index in [1.165, 1.54) is 7.11 Å². The number of methoxy groups -OCH3 is 1. The SMILES string of the molecule is CCCN1C(=S)N[C@H](c2ccccn2)[C@@H]1c1cccn1-c1cccc(C(=O)OC)c1. The van der Waals surface area contributed by atoms with Gasteiger partial charge in [0.05, 0.1) is 30.5 Å². The normalized spacial score (nSPS) is 18.3. The maximum atomic E-state index is 12.0. The molecule has 154 valence electrons. The minimum atomic E-state index is -0.353. The van der Waals surface area contributed by atoms with E-state index in [2.05, 4.69) is 32.8 Å². The minimum absolute atomic E-state index is 0.0240. The fourth-order valence-corrected chi connectivity index (χ4v) is 4.31. The zero-order valence-corrected chi connectivity index (χ0v) is 17.8. The summed E-state index contributed by atoms with van der Waals surface area (Å²) in [5, 5.41) is 4.20. The number of pyridine rings is 1. The highest BCUT2D eigenvalue weighted by Crippen LogP contribution is 2.39. The summed E-state index contributed by atoms with van der Waals surface area (Å²) in [5.41, 5.74) is 3.43. The fourth-order valence-electron chi connectivity index (χ4n) is 3.98. The summed E-state index contributed by atoms with van der Waals surface area (Å²) in [6, 6.07) is 17.4. The van der Waals surface area contributed by atoms with Gasteiger partial charge < -0.3 is 19.5 Å². The molecule has 0 saturated carbocycles. The van der Waals surface area contributed by atoms with Crippen LogP contribution in [0.25, 0.3) is 5.69 Å². The fraction of sp³-hybridized carbons (Fsp3) is 0.261. The van der Waals surface area contributed by atoms with Crippen molar-refractivity contribution in [2.24, 2.45) is 0 Å². The number of hydrogen-bond acceptors (Lipinski definition) is 4. The van der Waals surface area contributed by atoms with Crippen molar-refractivity contribution in [3.8, 4) is 5.69 Å². The van der Waals surface area contributed by atoms with Crippen LogP contribution in [0.15, 0.2) is 67.0 Å². The third-order valence-corrected chi connectivity index (χ3v) is 5.64. The van der Waals surface area contributed by atoms with Gasteiger partial charge in [-0.2, -0.15) is 0 Å². The Hall–Kier alpha value is -3.19. The molecule has 0 spiro atoms. The third kappa shape index (κ3) is 3.68. The second kappa shape index (κ2) is 8.67. The van der Waals surface area contributed by atoms with Crippen molar-refractivity contribution in [1.29, 1.82) is 0 Å². The van der Waals surface area contributed by atoms with Crippen LogP contribution in [0.4, 0.5) is 0 Å². The number of benzene rings is 1. The van der Waals surface area contributed by atoms with E-state index in [1.54, 1.807) is 12.3 Å².